The highest BCUT2D eigenvalue weighted by molar-refractivity contribution is 5.99. The predicted molar refractivity (Wildman–Crippen MR) is 140 cm³/mol. The summed E-state index contributed by atoms with van der Waals surface area (Å²) in [5.74, 6) is -4.45. The number of carbonyl (C=O) groups excluding carboxylic acids is 1. The van der Waals surface area contributed by atoms with Crippen LogP contribution in [0.15, 0.2) is 59.1 Å². The first kappa shape index (κ1) is 27.5. The van der Waals surface area contributed by atoms with Crippen LogP contribution in [0.4, 0.5) is 17.6 Å². The van der Waals surface area contributed by atoms with Crippen molar-refractivity contribution < 1.29 is 26.8 Å². The lowest BCUT2D eigenvalue weighted by atomic mass is 9.89. The topological polar surface area (TPSA) is 69.1 Å². The van der Waals surface area contributed by atoms with Gasteiger partial charge in [0.2, 0.25) is 5.92 Å². The van der Waals surface area contributed by atoms with Crippen LogP contribution in [0.3, 0.4) is 0 Å². The summed E-state index contributed by atoms with van der Waals surface area (Å²) < 4.78 is 62.8. The van der Waals surface area contributed by atoms with E-state index in [9.17, 15) is 18.0 Å². The quantitative estimate of drug-likeness (QED) is 0.158. The standard InChI is InChI=1S/C30H30F4N2O2/c1-3-10-30(33,34)11-9-18(4-2)28(37)22-15-26(32)27(36-17-22)20-12-21-13-24(16-35)38-29(21)25(14-20)19-5-7-23(31)8-6-19/h5-8,12-15,17-18H,3-4,9-11,16,35H2,1-2H3. The Bertz CT molecular complexity index is 1430. The van der Waals surface area contributed by atoms with Crippen molar-refractivity contribution in [2.45, 2.75) is 58.4 Å². The number of alkyl halides is 2. The Balaban J connectivity index is 1.68. The van der Waals surface area contributed by atoms with Crippen LogP contribution in [0.2, 0.25) is 0 Å². The van der Waals surface area contributed by atoms with Crippen LogP contribution in [0, 0.1) is 17.6 Å². The Hall–Kier alpha value is -3.52. The Morgan fingerprint density at radius 1 is 1.03 bits per heavy atom. The molecule has 0 bridgehead atoms. The third-order valence-corrected chi connectivity index (χ3v) is 6.76. The molecule has 4 aromatic rings. The van der Waals surface area contributed by atoms with Crippen molar-refractivity contribution in [3.8, 4) is 22.4 Å². The average Bonchev–Trinajstić information content (AvgIpc) is 3.32. The first-order chi connectivity index (χ1) is 18.2. The fourth-order valence-corrected chi connectivity index (χ4v) is 4.71. The van der Waals surface area contributed by atoms with Crippen LogP contribution in [0.1, 0.15) is 62.1 Å². The van der Waals surface area contributed by atoms with Crippen molar-refractivity contribution in [2.24, 2.45) is 11.7 Å². The summed E-state index contributed by atoms with van der Waals surface area (Å²) in [6, 6.07) is 12.1. The van der Waals surface area contributed by atoms with Crippen molar-refractivity contribution in [1.29, 1.82) is 0 Å². The highest BCUT2D eigenvalue weighted by Crippen LogP contribution is 2.37. The monoisotopic (exact) mass is 526 g/mol. The average molecular weight is 527 g/mol. The molecule has 0 saturated carbocycles. The van der Waals surface area contributed by atoms with Crippen LogP contribution < -0.4 is 5.73 Å². The maximum absolute atomic E-state index is 15.4. The molecule has 0 aliphatic heterocycles. The molecule has 0 fully saturated rings. The number of hydrogen-bond donors (Lipinski definition) is 1. The number of halogens is 4. The van der Waals surface area contributed by atoms with Gasteiger partial charge >= 0.3 is 0 Å². The van der Waals surface area contributed by atoms with Gasteiger partial charge in [0.15, 0.2) is 5.78 Å². The van der Waals surface area contributed by atoms with Crippen LogP contribution in [-0.2, 0) is 6.54 Å². The summed E-state index contributed by atoms with van der Waals surface area (Å²) in [6.07, 6.45) is 1.42. The van der Waals surface area contributed by atoms with E-state index >= 15 is 4.39 Å². The molecule has 2 heterocycles. The van der Waals surface area contributed by atoms with E-state index in [2.05, 4.69) is 4.98 Å². The van der Waals surface area contributed by atoms with Gasteiger partial charge in [0.05, 0.1) is 6.54 Å². The smallest absolute Gasteiger partial charge is 0.248 e. The summed E-state index contributed by atoms with van der Waals surface area (Å²) in [7, 11) is 0. The molecule has 0 amide bonds. The number of hydrogen-bond acceptors (Lipinski definition) is 4. The second-order valence-corrected chi connectivity index (χ2v) is 9.53. The molecular formula is C30H30F4N2O2. The number of carbonyl (C=O) groups is 1. The molecule has 2 N–H and O–H groups in total. The molecule has 0 spiro atoms. The fraction of sp³-hybridized carbons (Fsp3) is 0.333. The number of aromatic nitrogens is 1. The van der Waals surface area contributed by atoms with E-state index in [0.717, 1.165) is 6.07 Å². The van der Waals surface area contributed by atoms with E-state index in [4.69, 9.17) is 10.2 Å². The van der Waals surface area contributed by atoms with Gasteiger partial charge in [-0.25, -0.2) is 17.6 Å². The largest absolute Gasteiger partial charge is 0.459 e. The highest BCUT2D eigenvalue weighted by atomic mass is 19.3. The Labute approximate surface area is 218 Å². The summed E-state index contributed by atoms with van der Waals surface area (Å²) in [5, 5.41) is 0.669. The van der Waals surface area contributed by atoms with Gasteiger partial charge < -0.3 is 10.2 Å². The summed E-state index contributed by atoms with van der Waals surface area (Å²) in [5.41, 5.74) is 8.04. The zero-order valence-corrected chi connectivity index (χ0v) is 21.4. The number of furan rings is 1. The zero-order valence-electron chi connectivity index (χ0n) is 21.4. The lowest BCUT2D eigenvalue weighted by molar-refractivity contribution is -0.0214. The van der Waals surface area contributed by atoms with E-state index in [1.807, 2.05) is 0 Å². The molecule has 0 aliphatic rings. The van der Waals surface area contributed by atoms with Gasteiger partial charge in [-0.15, -0.1) is 0 Å². The van der Waals surface area contributed by atoms with Crippen molar-refractivity contribution in [3.05, 3.63) is 77.7 Å². The zero-order chi connectivity index (χ0) is 27.4. The molecule has 1 unspecified atom stereocenters. The van der Waals surface area contributed by atoms with Gasteiger partial charge in [0.25, 0.3) is 0 Å². The number of nitrogens with two attached hydrogens (primary N) is 1. The molecule has 1 atom stereocenters. The first-order valence-corrected chi connectivity index (χ1v) is 12.8. The molecule has 200 valence electrons. The first-order valence-electron chi connectivity index (χ1n) is 12.8. The van der Waals surface area contributed by atoms with Gasteiger partial charge in [-0.3, -0.25) is 9.78 Å². The molecule has 0 radical (unpaired) electrons. The van der Waals surface area contributed by atoms with E-state index in [0.29, 0.717) is 46.3 Å². The second-order valence-electron chi connectivity index (χ2n) is 9.53. The molecule has 2 aromatic heterocycles. The summed E-state index contributed by atoms with van der Waals surface area (Å²) >= 11 is 0. The van der Waals surface area contributed by atoms with Crippen LogP contribution in [-0.4, -0.2) is 16.7 Å². The molecule has 38 heavy (non-hydrogen) atoms. The van der Waals surface area contributed by atoms with Gasteiger partial charge in [0.1, 0.15) is 28.7 Å². The van der Waals surface area contributed by atoms with Crippen molar-refractivity contribution in [2.75, 3.05) is 0 Å². The molecule has 2 aromatic carbocycles. The fourth-order valence-electron chi connectivity index (χ4n) is 4.71. The minimum absolute atomic E-state index is 0.0184. The van der Waals surface area contributed by atoms with Crippen LogP contribution in [0.5, 0.6) is 0 Å². The minimum atomic E-state index is -2.83. The Kier molecular flexibility index (Phi) is 8.31. The van der Waals surface area contributed by atoms with Crippen molar-refractivity contribution in [1.82, 2.24) is 4.98 Å². The number of fused-ring (bicyclic) bond motifs is 1. The third kappa shape index (κ3) is 5.96. The minimum Gasteiger partial charge on any atom is -0.459 e. The molecule has 4 nitrogen and oxygen atoms in total. The molecule has 0 aliphatic carbocycles. The van der Waals surface area contributed by atoms with Crippen LogP contribution >= 0.6 is 0 Å². The third-order valence-electron chi connectivity index (χ3n) is 6.76. The molecule has 4 rings (SSSR count). The lowest BCUT2D eigenvalue weighted by Gasteiger charge is -2.19. The number of pyridine rings is 1. The SMILES string of the molecule is CCCC(F)(F)CCC(CC)C(=O)c1cnc(-c2cc(-c3ccc(F)cc3)c3oc(CN)cc3c2)c(F)c1. The van der Waals surface area contributed by atoms with Gasteiger partial charge in [-0.05, 0) is 54.8 Å². The maximum Gasteiger partial charge on any atom is 0.248 e. The van der Waals surface area contributed by atoms with E-state index < -0.39 is 29.3 Å². The number of rotatable bonds is 11. The maximum atomic E-state index is 15.4. The van der Waals surface area contributed by atoms with Crippen molar-refractivity contribution in [3.63, 3.8) is 0 Å². The summed E-state index contributed by atoms with van der Waals surface area (Å²) in [4.78, 5) is 17.3. The van der Waals surface area contributed by atoms with E-state index in [-0.39, 0.29) is 37.1 Å². The highest BCUT2D eigenvalue weighted by Gasteiger charge is 2.30. The lowest BCUT2D eigenvalue weighted by Crippen LogP contribution is -2.21. The van der Waals surface area contributed by atoms with Gasteiger partial charge in [0, 0.05) is 47.0 Å². The number of Topliss-reactive ketones (excluding diaryl/α,β-unsaturated/α-hetero) is 1. The van der Waals surface area contributed by atoms with Crippen LogP contribution in [0.25, 0.3) is 33.4 Å². The second kappa shape index (κ2) is 11.5. The molecular weight excluding hydrogens is 496 g/mol. The Morgan fingerprint density at radius 2 is 1.76 bits per heavy atom. The van der Waals surface area contributed by atoms with E-state index in [1.54, 1.807) is 44.2 Å². The van der Waals surface area contributed by atoms with Crippen molar-refractivity contribution >= 4 is 16.8 Å². The molecule has 8 heteroatoms. The van der Waals surface area contributed by atoms with Gasteiger partial charge in [-0.2, -0.15) is 0 Å². The van der Waals surface area contributed by atoms with Gasteiger partial charge in [-0.1, -0.05) is 32.4 Å². The number of ketones is 1. The summed E-state index contributed by atoms with van der Waals surface area (Å²) in [6.45, 7) is 3.61. The predicted octanol–water partition coefficient (Wildman–Crippen LogP) is 8.32. The van der Waals surface area contributed by atoms with E-state index in [1.165, 1.54) is 18.3 Å². The number of nitrogens with zero attached hydrogens (tertiary/aromatic N) is 1. The normalized spacial score (nSPS) is 12.7. The number of benzene rings is 2. The Morgan fingerprint density at radius 3 is 2.39 bits per heavy atom. The molecule has 0 saturated heterocycles.